The van der Waals surface area contributed by atoms with Crippen molar-refractivity contribution in [2.45, 2.75) is 26.4 Å². The lowest BCUT2D eigenvalue weighted by Crippen LogP contribution is -2.22. The number of hydrogen-bond donors (Lipinski definition) is 0. The molecule has 0 bridgehead atoms. The molecule has 154 valence electrons. The van der Waals surface area contributed by atoms with Crippen LogP contribution in [0.25, 0.3) is 0 Å². The van der Waals surface area contributed by atoms with Crippen LogP contribution in [0.1, 0.15) is 20.3 Å². The summed E-state index contributed by atoms with van der Waals surface area (Å²) in [6, 6.07) is 0. The third-order valence-electron chi connectivity index (χ3n) is 2.93. The Balaban J connectivity index is 3.58. The Bertz CT molecular complexity index is 477. The maximum absolute atomic E-state index is 11.5. The summed E-state index contributed by atoms with van der Waals surface area (Å²) >= 11 is 0. The molecule has 0 spiro atoms. The lowest BCUT2D eigenvalue weighted by atomic mass is 10.2. The standard InChI is InChI=1S/C19H30NO7/c1-5-9-17(7-3)26-19(21)15-24-13-11-23-12-14-25-16-20(22)27-18(8-4)10-6-2/h5-8,10,17H,1,3,9,11-16H2,2,4H3/q-1/b10-6-,18-8+. The zero-order valence-electron chi connectivity index (χ0n) is 16.1. The summed E-state index contributed by atoms with van der Waals surface area (Å²) in [4.78, 5) is 16.5. The Morgan fingerprint density at radius 1 is 1.11 bits per heavy atom. The molecule has 0 amide bonds. The van der Waals surface area contributed by atoms with Gasteiger partial charge in [0.2, 0.25) is 0 Å². The molecule has 0 aliphatic carbocycles. The van der Waals surface area contributed by atoms with Gasteiger partial charge in [0.25, 0.3) is 0 Å². The van der Waals surface area contributed by atoms with Crippen LogP contribution in [0.3, 0.4) is 0 Å². The molecule has 0 aromatic carbocycles. The van der Waals surface area contributed by atoms with E-state index in [0.29, 0.717) is 17.4 Å². The van der Waals surface area contributed by atoms with E-state index in [2.05, 4.69) is 13.2 Å². The average Bonchev–Trinajstić information content (AvgIpc) is 2.65. The molecule has 0 aliphatic rings. The number of hydrogen-bond acceptors (Lipinski definition) is 8. The van der Waals surface area contributed by atoms with E-state index in [1.807, 2.05) is 6.92 Å². The van der Waals surface area contributed by atoms with Crippen molar-refractivity contribution < 1.29 is 28.6 Å². The van der Waals surface area contributed by atoms with Gasteiger partial charge in [-0.25, -0.2) is 4.79 Å². The molecular weight excluding hydrogens is 354 g/mol. The Morgan fingerprint density at radius 3 is 2.37 bits per heavy atom. The third-order valence-corrected chi connectivity index (χ3v) is 2.93. The third kappa shape index (κ3) is 14.8. The summed E-state index contributed by atoms with van der Waals surface area (Å²) in [7, 11) is 0. The number of hydroxylamine groups is 2. The normalized spacial score (nSPS) is 13.0. The number of nitrogens with zero attached hydrogens (tertiary/aromatic N) is 1. The van der Waals surface area contributed by atoms with Gasteiger partial charge in [0, 0.05) is 6.42 Å². The second kappa shape index (κ2) is 17.4. The van der Waals surface area contributed by atoms with E-state index in [1.165, 1.54) is 6.08 Å². The molecule has 0 fully saturated rings. The minimum Gasteiger partial charge on any atom is -0.751 e. The first-order valence-corrected chi connectivity index (χ1v) is 8.65. The minimum absolute atomic E-state index is 0.163. The van der Waals surface area contributed by atoms with E-state index in [1.54, 1.807) is 31.2 Å². The van der Waals surface area contributed by atoms with Gasteiger partial charge in [0.05, 0.1) is 26.4 Å². The first kappa shape index (κ1) is 25.0. The number of carbonyl (C=O) groups is 1. The van der Waals surface area contributed by atoms with E-state index in [4.69, 9.17) is 23.8 Å². The van der Waals surface area contributed by atoms with E-state index in [9.17, 15) is 10.0 Å². The zero-order valence-corrected chi connectivity index (χ0v) is 16.1. The molecule has 0 aromatic heterocycles. The highest BCUT2D eigenvalue weighted by Crippen LogP contribution is 2.03. The highest BCUT2D eigenvalue weighted by Gasteiger charge is 2.09. The first-order valence-electron chi connectivity index (χ1n) is 8.65. The summed E-state index contributed by atoms with van der Waals surface area (Å²) in [6.45, 7) is 11.4. The molecule has 0 rings (SSSR count). The highest BCUT2D eigenvalue weighted by molar-refractivity contribution is 5.71. The Labute approximate surface area is 161 Å². The number of rotatable bonds is 17. The molecule has 1 atom stereocenters. The van der Waals surface area contributed by atoms with Crippen molar-refractivity contribution in [3.63, 3.8) is 0 Å². The summed E-state index contributed by atoms with van der Waals surface area (Å²) in [5.74, 6) is -0.0361. The van der Waals surface area contributed by atoms with Crippen molar-refractivity contribution in [3.05, 3.63) is 54.5 Å². The SMILES string of the molecule is C=CCC(C=C)OC(=O)COCCOCCOCN([O-])OC(/C=C\C)=C/C. The fourth-order valence-electron chi connectivity index (χ4n) is 1.68. The lowest BCUT2D eigenvalue weighted by Gasteiger charge is -2.27. The predicted octanol–water partition coefficient (Wildman–Crippen LogP) is 2.88. The summed E-state index contributed by atoms with van der Waals surface area (Å²) in [5.41, 5.74) is 0. The predicted molar refractivity (Wildman–Crippen MR) is 102 cm³/mol. The Hall–Kier alpha value is -1.97. The molecule has 0 radical (unpaired) electrons. The molecular formula is C19H30NO7-. The topological polar surface area (TPSA) is 89.5 Å². The molecule has 0 saturated heterocycles. The van der Waals surface area contributed by atoms with Crippen LogP contribution >= 0.6 is 0 Å². The number of ether oxygens (including phenoxy) is 4. The maximum Gasteiger partial charge on any atom is 0.332 e. The minimum atomic E-state index is -0.473. The van der Waals surface area contributed by atoms with Crippen LogP contribution in [-0.4, -0.2) is 57.1 Å². The van der Waals surface area contributed by atoms with Gasteiger partial charge in [0.1, 0.15) is 25.2 Å². The van der Waals surface area contributed by atoms with Gasteiger partial charge in [-0.2, -0.15) is 5.23 Å². The summed E-state index contributed by atoms with van der Waals surface area (Å²) in [6.07, 6.45) is 8.40. The van der Waals surface area contributed by atoms with Gasteiger partial charge in [-0.1, -0.05) is 24.8 Å². The number of allylic oxidation sites excluding steroid dienone is 3. The van der Waals surface area contributed by atoms with Crippen LogP contribution in [0.5, 0.6) is 0 Å². The van der Waals surface area contributed by atoms with Crippen molar-refractivity contribution in [1.29, 1.82) is 0 Å². The van der Waals surface area contributed by atoms with Crippen molar-refractivity contribution in [3.8, 4) is 0 Å². The molecule has 0 saturated carbocycles. The fourth-order valence-corrected chi connectivity index (χ4v) is 1.68. The van der Waals surface area contributed by atoms with Crippen LogP contribution in [0, 0.1) is 5.21 Å². The van der Waals surface area contributed by atoms with Gasteiger partial charge < -0.3 is 29.0 Å². The van der Waals surface area contributed by atoms with E-state index < -0.39 is 12.1 Å². The summed E-state index contributed by atoms with van der Waals surface area (Å²) in [5, 5.41) is 11.8. The summed E-state index contributed by atoms with van der Waals surface area (Å²) < 4.78 is 20.6. The van der Waals surface area contributed by atoms with Gasteiger partial charge in [0.15, 0.2) is 0 Å². The van der Waals surface area contributed by atoms with Crippen LogP contribution < -0.4 is 0 Å². The molecule has 0 aromatic rings. The molecule has 27 heavy (non-hydrogen) atoms. The van der Waals surface area contributed by atoms with Gasteiger partial charge >= 0.3 is 5.97 Å². The smallest absolute Gasteiger partial charge is 0.332 e. The molecule has 0 N–H and O–H groups in total. The monoisotopic (exact) mass is 384 g/mol. The van der Waals surface area contributed by atoms with Crippen LogP contribution in [-0.2, 0) is 28.6 Å². The fraction of sp³-hybridized carbons (Fsp3) is 0.526. The van der Waals surface area contributed by atoms with Gasteiger partial charge in [-0.15, -0.1) is 6.58 Å². The van der Waals surface area contributed by atoms with Crippen LogP contribution in [0.2, 0.25) is 0 Å². The molecule has 8 heteroatoms. The van der Waals surface area contributed by atoms with Crippen LogP contribution in [0.4, 0.5) is 0 Å². The van der Waals surface area contributed by atoms with E-state index >= 15 is 0 Å². The number of carbonyl (C=O) groups excluding carboxylic acids is 1. The maximum atomic E-state index is 11.5. The second-order valence-electron chi connectivity index (χ2n) is 5.11. The highest BCUT2D eigenvalue weighted by atomic mass is 16.9. The van der Waals surface area contributed by atoms with E-state index in [0.717, 1.165) is 0 Å². The molecule has 0 aliphatic heterocycles. The van der Waals surface area contributed by atoms with Gasteiger partial charge in [-0.3, -0.25) is 0 Å². The van der Waals surface area contributed by atoms with Crippen molar-refractivity contribution in [1.82, 2.24) is 5.23 Å². The Morgan fingerprint density at radius 2 is 1.78 bits per heavy atom. The van der Waals surface area contributed by atoms with Crippen molar-refractivity contribution >= 4 is 5.97 Å². The Kier molecular flexibility index (Phi) is 16.2. The van der Waals surface area contributed by atoms with Crippen LogP contribution in [0.15, 0.2) is 49.3 Å². The second-order valence-corrected chi connectivity index (χ2v) is 5.11. The molecule has 8 nitrogen and oxygen atoms in total. The van der Waals surface area contributed by atoms with Crippen molar-refractivity contribution in [2.24, 2.45) is 0 Å². The first-order chi connectivity index (χ1) is 13.1. The molecule has 1 unspecified atom stereocenters. The quantitative estimate of drug-likeness (QED) is 0.0719. The lowest BCUT2D eigenvalue weighted by molar-refractivity contribution is -0.153. The zero-order chi connectivity index (χ0) is 20.3. The van der Waals surface area contributed by atoms with Crippen molar-refractivity contribution in [2.75, 3.05) is 39.8 Å². The number of esters is 1. The van der Waals surface area contributed by atoms with Gasteiger partial charge in [-0.05, 0) is 26.0 Å². The average molecular weight is 384 g/mol. The largest absolute Gasteiger partial charge is 0.751 e. The van der Waals surface area contributed by atoms with E-state index in [-0.39, 0.29) is 39.8 Å². The molecule has 0 heterocycles.